The summed E-state index contributed by atoms with van der Waals surface area (Å²) >= 11 is 1.83. The highest BCUT2D eigenvalue weighted by atomic mass is 32.2. The van der Waals surface area contributed by atoms with Gasteiger partial charge in [0.05, 0.1) is 5.75 Å². The second-order valence-electron chi connectivity index (χ2n) is 5.76. The lowest BCUT2D eigenvalue weighted by molar-refractivity contribution is 0.221. The van der Waals surface area contributed by atoms with Crippen LogP contribution in [0.1, 0.15) is 30.6 Å². The largest absolute Gasteiger partial charge is 0.460 e. The van der Waals surface area contributed by atoms with E-state index in [9.17, 15) is 0 Å². The van der Waals surface area contributed by atoms with Crippen LogP contribution in [-0.4, -0.2) is 30.3 Å². The highest BCUT2D eigenvalue weighted by Crippen LogP contribution is 2.24. The number of rotatable bonds is 6. The molecule has 1 aromatic heterocycles. The van der Waals surface area contributed by atoms with E-state index in [1.165, 1.54) is 43.3 Å². The van der Waals surface area contributed by atoms with Crippen molar-refractivity contribution in [3.8, 4) is 0 Å². The summed E-state index contributed by atoms with van der Waals surface area (Å²) in [7, 11) is 0. The van der Waals surface area contributed by atoms with Crippen LogP contribution in [0.2, 0.25) is 0 Å². The minimum Gasteiger partial charge on any atom is -0.460 e. The van der Waals surface area contributed by atoms with E-state index in [0.29, 0.717) is 0 Å². The lowest BCUT2D eigenvalue weighted by Crippen LogP contribution is -2.28. The van der Waals surface area contributed by atoms with Crippen molar-refractivity contribution in [3.05, 3.63) is 35.6 Å². The Morgan fingerprint density at radius 2 is 2.00 bits per heavy atom. The normalized spacial score (nSPS) is 16.6. The van der Waals surface area contributed by atoms with Gasteiger partial charge in [0.25, 0.3) is 0 Å². The van der Waals surface area contributed by atoms with Gasteiger partial charge >= 0.3 is 0 Å². The monoisotopic (exact) mass is 304 g/mol. The molecule has 114 valence electrons. The number of fused-ring (bicyclic) bond motifs is 1. The summed E-state index contributed by atoms with van der Waals surface area (Å²) < 4.78 is 5.96. The molecular weight excluding hydrogens is 280 g/mol. The van der Waals surface area contributed by atoms with E-state index in [2.05, 4.69) is 29.2 Å². The number of thioether (sulfide) groups is 1. The van der Waals surface area contributed by atoms with Crippen LogP contribution in [0.15, 0.2) is 28.7 Å². The number of likely N-dealkylation sites (tertiary alicyclic amines) is 1. The number of piperidine rings is 1. The molecule has 0 unspecified atom stereocenters. The van der Waals surface area contributed by atoms with Crippen LogP contribution in [0.25, 0.3) is 11.0 Å². The van der Waals surface area contributed by atoms with Crippen LogP contribution in [0, 0.1) is 0 Å². The Hall–Kier alpha value is -0.970. The van der Waals surface area contributed by atoms with Crippen molar-refractivity contribution in [3.63, 3.8) is 0 Å². The van der Waals surface area contributed by atoms with Crippen molar-refractivity contribution >= 4 is 22.7 Å². The fraction of sp³-hybridized carbons (Fsp3) is 0.529. The summed E-state index contributed by atoms with van der Waals surface area (Å²) in [6.07, 6.45) is 4.06. The first kappa shape index (κ1) is 14.9. The molecule has 3 rings (SSSR count). The zero-order valence-electron chi connectivity index (χ0n) is 12.5. The van der Waals surface area contributed by atoms with Crippen molar-refractivity contribution in [2.75, 3.05) is 25.4 Å². The smallest absolute Gasteiger partial charge is 0.134 e. The number of hydrogen-bond donors (Lipinski definition) is 1. The SMILES string of the molecule is NCCSCc1cc2ccc(CN3CCCCC3)cc2o1. The van der Waals surface area contributed by atoms with E-state index in [0.717, 1.165) is 35.9 Å². The van der Waals surface area contributed by atoms with E-state index >= 15 is 0 Å². The first-order valence-electron chi connectivity index (χ1n) is 7.87. The summed E-state index contributed by atoms with van der Waals surface area (Å²) in [5, 5.41) is 1.21. The zero-order valence-corrected chi connectivity index (χ0v) is 13.3. The second kappa shape index (κ2) is 7.34. The van der Waals surface area contributed by atoms with Crippen LogP contribution < -0.4 is 5.73 Å². The number of benzene rings is 1. The van der Waals surface area contributed by atoms with Gasteiger partial charge in [-0.25, -0.2) is 0 Å². The highest BCUT2D eigenvalue weighted by molar-refractivity contribution is 7.98. The van der Waals surface area contributed by atoms with Gasteiger partial charge in [0.2, 0.25) is 0 Å². The molecule has 0 amide bonds. The molecule has 1 aliphatic heterocycles. The Morgan fingerprint density at radius 3 is 2.81 bits per heavy atom. The maximum absolute atomic E-state index is 5.96. The summed E-state index contributed by atoms with van der Waals surface area (Å²) in [5.41, 5.74) is 7.90. The average molecular weight is 304 g/mol. The standard InChI is InChI=1S/C17H24N2OS/c18-6-9-21-13-16-11-15-5-4-14(10-17(15)20-16)12-19-7-2-1-3-8-19/h4-5,10-11H,1-3,6-9,12-13,18H2. The van der Waals surface area contributed by atoms with Crippen molar-refractivity contribution in [1.82, 2.24) is 4.90 Å². The summed E-state index contributed by atoms with van der Waals surface area (Å²) in [6, 6.07) is 8.79. The van der Waals surface area contributed by atoms with Crippen molar-refractivity contribution in [2.24, 2.45) is 5.73 Å². The fourth-order valence-corrected chi connectivity index (χ4v) is 3.59. The van der Waals surface area contributed by atoms with E-state index in [1.807, 2.05) is 11.8 Å². The Morgan fingerprint density at radius 1 is 1.14 bits per heavy atom. The molecule has 0 bridgehead atoms. The van der Waals surface area contributed by atoms with Crippen molar-refractivity contribution < 1.29 is 4.42 Å². The van der Waals surface area contributed by atoms with Crippen molar-refractivity contribution in [1.29, 1.82) is 0 Å². The molecule has 0 atom stereocenters. The van der Waals surface area contributed by atoms with E-state index in [4.69, 9.17) is 10.2 Å². The molecule has 0 spiro atoms. The maximum Gasteiger partial charge on any atom is 0.134 e. The molecule has 2 N–H and O–H groups in total. The molecule has 1 saturated heterocycles. The van der Waals surface area contributed by atoms with E-state index in [-0.39, 0.29) is 0 Å². The number of hydrogen-bond acceptors (Lipinski definition) is 4. The minimum absolute atomic E-state index is 0.727. The molecule has 0 aliphatic carbocycles. The van der Waals surface area contributed by atoms with Gasteiger partial charge in [-0.1, -0.05) is 18.6 Å². The minimum atomic E-state index is 0.727. The molecule has 1 fully saturated rings. The van der Waals surface area contributed by atoms with Gasteiger partial charge in [0.15, 0.2) is 0 Å². The molecular formula is C17H24N2OS. The Labute approximate surface area is 130 Å². The van der Waals surface area contributed by atoms with Crippen LogP contribution in [-0.2, 0) is 12.3 Å². The molecule has 3 nitrogen and oxygen atoms in total. The zero-order chi connectivity index (χ0) is 14.5. The molecule has 2 aromatic rings. The third-order valence-electron chi connectivity index (χ3n) is 4.00. The third kappa shape index (κ3) is 4.02. The average Bonchev–Trinajstić information content (AvgIpc) is 2.90. The summed E-state index contributed by atoms with van der Waals surface area (Å²) in [5.74, 6) is 2.95. The van der Waals surface area contributed by atoms with Gasteiger partial charge < -0.3 is 10.2 Å². The first-order chi connectivity index (χ1) is 10.3. The van der Waals surface area contributed by atoms with Crippen LogP contribution in [0.4, 0.5) is 0 Å². The lowest BCUT2D eigenvalue weighted by Gasteiger charge is -2.26. The number of nitrogens with zero attached hydrogens (tertiary/aromatic N) is 1. The van der Waals surface area contributed by atoms with Gasteiger partial charge in [-0.05, 0) is 43.6 Å². The summed E-state index contributed by atoms with van der Waals surface area (Å²) in [4.78, 5) is 2.55. The highest BCUT2D eigenvalue weighted by Gasteiger charge is 2.11. The van der Waals surface area contributed by atoms with Gasteiger partial charge in [-0.3, -0.25) is 4.90 Å². The predicted molar refractivity (Wildman–Crippen MR) is 90.6 cm³/mol. The van der Waals surface area contributed by atoms with Gasteiger partial charge in [0, 0.05) is 24.2 Å². The first-order valence-corrected chi connectivity index (χ1v) is 9.02. The number of nitrogens with two attached hydrogens (primary N) is 1. The third-order valence-corrected chi connectivity index (χ3v) is 5.01. The molecule has 1 aromatic carbocycles. The van der Waals surface area contributed by atoms with Gasteiger partial charge in [-0.2, -0.15) is 11.8 Å². The molecule has 0 saturated carbocycles. The second-order valence-corrected chi connectivity index (χ2v) is 6.87. The van der Waals surface area contributed by atoms with E-state index < -0.39 is 0 Å². The molecule has 4 heteroatoms. The molecule has 1 aliphatic rings. The fourth-order valence-electron chi connectivity index (χ4n) is 2.93. The van der Waals surface area contributed by atoms with Crippen molar-refractivity contribution in [2.45, 2.75) is 31.6 Å². The number of furan rings is 1. The molecule has 21 heavy (non-hydrogen) atoms. The predicted octanol–water partition coefficient (Wildman–Crippen LogP) is 3.61. The van der Waals surface area contributed by atoms with Crippen LogP contribution in [0.3, 0.4) is 0 Å². The topological polar surface area (TPSA) is 42.4 Å². The Bertz CT molecular complexity index is 575. The summed E-state index contributed by atoms with van der Waals surface area (Å²) in [6.45, 7) is 4.24. The van der Waals surface area contributed by atoms with Crippen LogP contribution in [0.5, 0.6) is 0 Å². The molecule has 2 heterocycles. The Kier molecular flexibility index (Phi) is 5.22. The van der Waals surface area contributed by atoms with Gasteiger partial charge in [0.1, 0.15) is 11.3 Å². The lowest BCUT2D eigenvalue weighted by atomic mass is 10.1. The van der Waals surface area contributed by atoms with Crippen LogP contribution >= 0.6 is 11.8 Å². The molecule has 0 radical (unpaired) electrons. The maximum atomic E-state index is 5.96. The van der Waals surface area contributed by atoms with E-state index in [1.54, 1.807) is 0 Å². The Balaban J connectivity index is 1.67. The van der Waals surface area contributed by atoms with Gasteiger partial charge in [-0.15, -0.1) is 0 Å². The quantitative estimate of drug-likeness (QED) is 0.828.